The second kappa shape index (κ2) is 4.39. The van der Waals surface area contributed by atoms with Crippen LogP contribution >= 0.6 is 11.6 Å². The lowest BCUT2D eigenvalue weighted by Crippen LogP contribution is -2.14. The number of aromatic amines is 1. The second-order valence-electron chi connectivity index (χ2n) is 2.57. The van der Waals surface area contributed by atoms with Crippen LogP contribution in [0.4, 0.5) is 8.78 Å². The number of carbonyl (C=O) groups is 1. The lowest BCUT2D eigenvalue weighted by Gasteiger charge is -2.06. The third-order valence-electron chi connectivity index (χ3n) is 1.64. The second-order valence-corrected chi connectivity index (χ2v) is 2.91. The number of hydrogen-bond acceptors (Lipinski definition) is 3. The maximum absolute atomic E-state index is 12.3. The fourth-order valence-electron chi connectivity index (χ4n) is 1.03. The molecule has 0 saturated heterocycles. The SMILES string of the molecule is COc1c(C(=O)Cl)[nH]c(C(F)F)cc1=O. The zero-order valence-corrected chi connectivity index (χ0v) is 8.27. The van der Waals surface area contributed by atoms with Crippen LogP contribution in [0.1, 0.15) is 22.6 Å². The molecule has 82 valence electrons. The molecular weight excluding hydrogens is 232 g/mol. The normalized spacial score (nSPS) is 10.5. The van der Waals surface area contributed by atoms with E-state index in [4.69, 9.17) is 11.6 Å². The van der Waals surface area contributed by atoms with Crippen molar-refractivity contribution in [3.63, 3.8) is 0 Å². The van der Waals surface area contributed by atoms with Crippen LogP contribution in [0, 0.1) is 0 Å². The van der Waals surface area contributed by atoms with Gasteiger partial charge in [-0.2, -0.15) is 0 Å². The molecule has 0 aliphatic rings. The largest absolute Gasteiger partial charge is 0.491 e. The van der Waals surface area contributed by atoms with Crippen molar-refractivity contribution in [1.82, 2.24) is 4.98 Å². The first-order valence-corrected chi connectivity index (χ1v) is 4.14. The summed E-state index contributed by atoms with van der Waals surface area (Å²) in [6, 6.07) is 0.660. The highest BCUT2D eigenvalue weighted by Crippen LogP contribution is 2.19. The van der Waals surface area contributed by atoms with Crippen molar-refractivity contribution in [1.29, 1.82) is 0 Å². The van der Waals surface area contributed by atoms with Crippen LogP contribution in [-0.2, 0) is 0 Å². The Bertz CT molecular complexity index is 444. The lowest BCUT2D eigenvalue weighted by atomic mass is 10.3. The van der Waals surface area contributed by atoms with Gasteiger partial charge in [-0.05, 0) is 11.6 Å². The van der Waals surface area contributed by atoms with E-state index >= 15 is 0 Å². The molecule has 15 heavy (non-hydrogen) atoms. The topological polar surface area (TPSA) is 59.2 Å². The van der Waals surface area contributed by atoms with Crippen molar-refractivity contribution in [2.45, 2.75) is 6.43 Å². The van der Waals surface area contributed by atoms with Crippen LogP contribution in [0.25, 0.3) is 0 Å². The van der Waals surface area contributed by atoms with Gasteiger partial charge in [0.2, 0.25) is 5.43 Å². The molecule has 0 bridgehead atoms. The Balaban J connectivity index is 3.46. The van der Waals surface area contributed by atoms with Gasteiger partial charge in [0.15, 0.2) is 5.75 Å². The monoisotopic (exact) mass is 237 g/mol. The van der Waals surface area contributed by atoms with E-state index in [-0.39, 0.29) is 5.75 Å². The van der Waals surface area contributed by atoms with Crippen molar-refractivity contribution >= 4 is 16.8 Å². The van der Waals surface area contributed by atoms with Crippen molar-refractivity contribution in [2.75, 3.05) is 7.11 Å². The van der Waals surface area contributed by atoms with Crippen molar-refractivity contribution in [3.05, 3.63) is 27.7 Å². The Labute approximate surface area is 87.8 Å². The Hall–Kier alpha value is -1.43. The molecule has 1 N–H and O–H groups in total. The van der Waals surface area contributed by atoms with Crippen LogP contribution in [0.5, 0.6) is 5.75 Å². The van der Waals surface area contributed by atoms with Gasteiger partial charge < -0.3 is 9.72 Å². The van der Waals surface area contributed by atoms with E-state index in [1.807, 2.05) is 4.98 Å². The van der Waals surface area contributed by atoms with Crippen LogP contribution in [0.2, 0.25) is 0 Å². The standard InChI is InChI=1S/C8H6ClF2NO3/c1-15-6-4(13)2-3(8(10)11)12-5(6)7(9)14/h2,8H,1H3,(H,12,13). The van der Waals surface area contributed by atoms with Gasteiger partial charge in [-0.1, -0.05) is 0 Å². The molecule has 0 atom stereocenters. The van der Waals surface area contributed by atoms with Gasteiger partial charge in [0.1, 0.15) is 5.69 Å². The molecule has 1 aromatic heterocycles. The van der Waals surface area contributed by atoms with Gasteiger partial charge >= 0.3 is 0 Å². The number of ether oxygens (including phenoxy) is 1. The van der Waals surface area contributed by atoms with Crippen LogP contribution in [0.15, 0.2) is 10.9 Å². The number of H-pyrrole nitrogens is 1. The van der Waals surface area contributed by atoms with Gasteiger partial charge in [-0.15, -0.1) is 0 Å². The Morgan fingerprint density at radius 2 is 2.20 bits per heavy atom. The Kier molecular flexibility index (Phi) is 3.41. The predicted molar refractivity (Wildman–Crippen MR) is 48.8 cm³/mol. The number of aromatic nitrogens is 1. The summed E-state index contributed by atoms with van der Waals surface area (Å²) in [6.07, 6.45) is -2.89. The minimum atomic E-state index is -2.89. The van der Waals surface area contributed by atoms with Gasteiger partial charge in [0.25, 0.3) is 11.7 Å². The molecule has 0 aromatic carbocycles. The highest BCUT2D eigenvalue weighted by Gasteiger charge is 2.18. The van der Waals surface area contributed by atoms with E-state index in [0.29, 0.717) is 6.07 Å². The summed E-state index contributed by atoms with van der Waals surface area (Å²) in [5, 5.41) is -1.06. The van der Waals surface area contributed by atoms with E-state index < -0.39 is 28.5 Å². The number of alkyl halides is 2. The predicted octanol–water partition coefficient (Wildman–Crippen LogP) is 1.70. The molecule has 0 aliphatic heterocycles. The smallest absolute Gasteiger partial charge is 0.278 e. The fourth-order valence-corrected chi connectivity index (χ4v) is 1.16. The van der Waals surface area contributed by atoms with Gasteiger partial charge in [-0.25, -0.2) is 8.78 Å². The van der Waals surface area contributed by atoms with Crippen LogP contribution < -0.4 is 10.2 Å². The molecule has 1 aromatic rings. The number of nitrogens with one attached hydrogen (secondary N) is 1. The molecule has 1 rings (SSSR count). The molecule has 0 radical (unpaired) electrons. The van der Waals surface area contributed by atoms with E-state index in [0.717, 1.165) is 7.11 Å². The minimum absolute atomic E-state index is 0.376. The van der Waals surface area contributed by atoms with Crippen LogP contribution in [0.3, 0.4) is 0 Å². The van der Waals surface area contributed by atoms with Gasteiger partial charge in [0.05, 0.1) is 12.8 Å². The average Bonchev–Trinajstić information content (AvgIpc) is 2.16. The fraction of sp³-hybridized carbons (Fsp3) is 0.250. The van der Waals surface area contributed by atoms with Crippen LogP contribution in [-0.4, -0.2) is 17.3 Å². The number of methoxy groups -OCH3 is 1. The zero-order chi connectivity index (χ0) is 11.6. The maximum Gasteiger partial charge on any atom is 0.278 e. The summed E-state index contributed by atoms with van der Waals surface area (Å²) in [7, 11) is 1.13. The van der Waals surface area contributed by atoms with E-state index in [9.17, 15) is 18.4 Å². The molecule has 0 aliphatic carbocycles. The molecule has 0 amide bonds. The average molecular weight is 238 g/mol. The molecule has 1 heterocycles. The molecular formula is C8H6ClF2NO3. The summed E-state index contributed by atoms with van der Waals surface area (Å²) in [6.45, 7) is 0. The van der Waals surface area contributed by atoms with Crippen molar-refractivity contribution in [3.8, 4) is 5.75 Å². The number of hydrogen-bond donors (Lipinski definition) is 1. The van der Waals surface area contributed by atoms with Gasteiger partial charge in [0, 0.05) is 6.07 Å². The molecule has 0 unspecified atom stereocenters. The number of carbonyl (C=O) groups excluding carboxylic acids is 1. The number of pyridine rings is 1. The lowest BCUT2D eigenvalue weighted by molar-refractivity contribution is 0.107. The van der Waals surface area contributed by atoms with E-state index in [1.165, 1.54) is 0 Å². The molecule has 0 spiro atoms. The Morgan fingerprint density at radius 3 is 2.60 bits per heavy atom. The summed E-state index contributed by atoms with van der Waals surface area (Å²) < 4.78 is 29.1. The maximum atomic E-state index is 12.3. The van der Waals surface area contributed by atoms with Gasteiger partial charge in [-0.3, -0.25) is 9.59 Å². The Morgan fingerprint density at radius 1 is 1.60 bits per heavy atom. The van der Waals surface area contributed by atoms with E-state index in [1.54, 1.807) is 0 Å². The van der Waals surface area contributed by atoms with Crippen molar-refractivity contribution in [2.24, 2.45) is 0 Å². The summed E-state index contributed by atoms with van der Waals surface area (Å²) >= 11 is 5.10. The summed E-state index contributed by atoms with van der Waals surface area (Å²) in [4.78, 5) is 24.1. The molecule has 7 heteroatoms. The molecule has 4 nitrogen and oxygen atoms in total. The first-order valence-electron chi connectivity index (χ1n) is 3.76. The number of rotatable bonds is 3. The zero-order valence-electron chi connectivity index (χ0n) is 7.51. The number of halogens is 3. The molecule has 0 fully saturated rings. The van der Waals surface area contributed by atoms with Crippen molar-refractivity contribution < 1.29 is 18.3 Å². The third kappa shape index (κ3) is 2.33. The highest BCUT2D eigenvalue weighted by molar-refractivity contribution is 6.67. The first kappa shape index (κ1) is 11.6. The minimum Gasteiger partial charge on any atom is -0.491 e. The summed E-state index contributed by atoms with van der Waals surface area (Å²) in [5.74, 6) is -0.376. The first-order chi connectivity index (χ1) is 6.97. The van der Waals surface area contributed by atoms with E-state index in [2.05, 4.69) is 4.74 Å². The summed E-state index contributed by atoms with van der Waals surface area (Å²) in [5.41, 5.74) is -1.97. The quantitative estimate of drug-likeness (QED) is 0.814. The molecule has 0 saturated carbocycles. The third-order valence-corrected chi connectivity index (χ3v) is 1.83. The highest BCUT2D eigenvalue weighted by atomic mass is 35.5.